The van der Waals surface area contributed by atoms with Crippen molar-refractivity contribution in [1.82, 2.24) is 0 Å². The predicted molar refractivity (Wildman–Crippen MR) is 57.7 cm³/mol. The summed E-state index contributed by atoms with van der Waals surface area (Å²) in [6.07, 6.45) is 0.876. The molecule has 4 heteroatoms. The molecule has 76 valence electrons. The summed E-state index contributed by atoms with van der Waals surface area (Å²) in [5.74, 6) is 0.161. The molecule has 1 aliphatic heterocycles. The Morgan fingerprint density at radius 2 is 2.15 bits per heavy atom. The first-order chi connectivity index (χ1) is 6.00. The average molecular weight is 298 g/mol. The van der Waals surface area contributed by atoms with Crippen molar-refractivity contribution in [3.05, 3.63) is 0 Å². The minimum atomic E-state index is -0.223. The van der Waals surface area contributed by atoms with Crippen LogP contribution >= 0.6 is 22.6 Å². The molecule has 1 aliphatic rings. The Kier molecular flexibility index (Phi) is 3.97. The molecule has 0 bridgehead atoms. The smallest absolute Gasteiger partial charge is 0.303 e. The van der Waals surface area contributed by atoms with Crippen LogP contribution in [-0.4, -0.2) is 22.3 Å². The van der Waals surface area contributed by atoms with E-state index in [2.05, 4.69) is 29.5 Å². The number of esters is 1. The summed E-state index contributed by atoms with van der Waals surface area (Å²) in [6.45, 7) is 5.49. The molecule has 0 spiro atoms. The van der Waals surface area contributed by atoms with Crippen molar-refractivity contribution in [3.63, 3.8) is 0 Å². The first-order valence-corrected chi connectivity index (χ1v) is 5.72. The lowest BCUT2D eigenvalue weighted by Crippen LogP contribution is -2.43. The molecule has 0 amide bonds. The van der Waals surface area contributed by atoms with E-state index in [4.69, 9.17) is 9.47 Å². The van der Waals surface area contributed by atoms with Crippen LogP contribution in [0.2, 0.25) is 0 Å². The van der Waals surface area contributed by atoms with Gasteiger partial charge in [0.1, 0.15) is 10.2 Å². The zero-order valence-electron chi connectivity index (χ0n) is 8.12. The lowest BCUT2D eigenvalue weighted by atomic mass is 9.95. The zero-order valence-corrected chi connectivity index (χ0v) is 10.3. The van der Waals surface area contributed by atoms with E-state index < -0.39 is 0 Å². The summed E-state index contributed by atoms with van der Waals surface area (Å²) in [5.41, 5.74) is 0. The van der Waals surface area contributed by atoms with Gasteiger partial charge in [0, 0.05) is 6.92 Å². The Labute approximate surface area is 92.3 Å². The Morgan fingerprint density at radius 3 is 2.62 bits per heavy atom. The van der Waals surface area contributed by atoms with Gasteiger partial charge in [0.15, 0.2) is 0 Å². The summed E-state index contributed by atoms with van der Waals surface area (Å²) in [6, 6.07) is 0. The van der Waals surface area contributed by atoms with E-state index in [0.29, 0.717) is 5.92 Å². The van der Waals surface area contributed by atoms with Crippen molar-refractivity contribution in [2.75, 3.05) is 0 Å². The molecule has 4 atom stereocenters. The van der Waals surface area contributed by atoms with E-state index in [-0.39, 0.29) is 22.3 Å². The molecule has 3 unspecified atom stereocenters. The standard InChI is InChI=1S/C9H15IO3/c1-5-4-8(10)12-6(2)9(5)13-7(3)11/h5-6,8-9H,4H2,1-3H3/t5?,6?,8?,9-/m0/s1. The number of hydrogen-bond donors (Lipinski definition) is 0. The second kappa shape index (κ2) is 4.59. The van der Waals surface area contributed by atoms with Gasteiger partial charge in [0.25, 0.3) is 0 Å². The predicted octanol–water partition coefficient (Wildman–Crippen LogP) is 2.12. The van der Waals surface area contributed by atoms with Crippen molar-refractivity contribution in [1.29, 1.82) is 0 Å². The maximum absolute atomic E-state index is 10.8. The molecule has 1 saturated heterocycles. The quantitative estimate of drug-likeness (QED) is 0.422. The van der Waals surface area contributed by atoms with Gasteiger partial charge in [-0.25, -0.2) is 0 Å². The zero-order chi connectivity index (χ0) is 10.0. The monoisotopic (exact) mass is 298 g/mol. The van der Waals surface area contributed by atoms with Crippen LogP contribution in [0, 0.1) is 5.92 Å². The minimum Gasteiger partial charge on any atom is -0.460 e. The van der Waals surface area contributed by atoms with Gasteiger partial charge in [0.2, 0.25) is 0 Å². The van der Waals surface area contributed by atoms with Crippen LogP contribution in [0.4, 0.5) is 0 Å². The molecular weight excluding hydrogens is 283 g/mol. The van der Waals surface area contributed by atoms with Gasteiger partial charge >= 0.3 is 5.97 Å². The molecule has 0 aromatic heterocycles. The summed E-state index contributed by atoms with van der Waals surface area (Å²) in [5, 5.41) is 0. The van der Waals surface area contributed by atoms with Crippen molar-refractivity contribution in [2.24, 2.45) is 5.92 Å². The normalized spacial score (nSPS) is 40.0. The second-order valence-corrected chi connectivity index (χ2v) is 4.93. The molecule has 13 heavy (non-hydrogen) atoms. The fraction of sp³-hybridized carbons (Fsp3) is 0.889. The summed E-state index contributed by atoms with van der Waals surface area (Å²) in [4.78, 5) is 10.8. The largest absolute Gasteiger partial charge is 0.460 e. The number of alkyl halides is 1. The average Bonchev–Trinajstić information content (AvgIpc) is 1.96. The van der Waals surface area contributed by atoms with Gasteiger partial charge in [-0.15, -0.1) is 0 Å². The highest BCUT2D eigenvalue weighted by Crippen LogP contribution is 2.30. The Hall–Kier alpha value is 0.160. The molecule has 0 saturated carbocycles. The first-order valence-electron chi connectivity index (χ1n) is 4.47. The molecule has 0 radical (unpaired) electrons. The van der Waals surface area contributed by atoms with Crippen molar-refractivity contribution >= 4 is 28.6 Å². The van der Waals surface area contributed by atoms with E-state index in [1.165, 1.54) is 6.92 Å². The van der Waals surface area contributed by atoms with Gasteiger partial charge in [-0.2, -0.15) is 0 Å². The third-order valence-corrected chi connectivity index (χ3v) is 3.05. The lowest BCUT2D eigenvalue weighted by molar-refractivity contribution is -0.168. The molecule has 1 rings (SSSR count). The minimum absolute atomic E-state index is 0.00884. The Bertz CT molecular complexity index is 183. The van der Waals surface area contributed by atoms with Gasteiger partial charge in [-0.05, 0) is 19.3 Å². The summed E-state index contributed by atoms with van der Waals surface area (Å²) in [7, 11) is 0. The maximum Gasteiger partial charge on any atom is 0.303 e. The van der Waals surface area contributed by atoms with Crippen LogP contribution in [0.15, 0.2) is 0 Å². The fourth-order valence-corrected chi connectivity index (χ4v) is 2.92. The van der Waals surface area contributed by atoms with E-state index in [1.807, 2.05) is 6.92 Å². The van der Waals surface area contributed by atoms with Crippen molar-refractivity contribution in [3.8, 4) is 0 Å². The van der Waals surface area contributed by atoms with Crippen LogP contribution in [-0.2, 0) is 14.3 Å². The number of carbonyl (C=O) groups excluding carboxylic acids is 1. The van der Waals surface area contributed by atoms with E-state index in [9.17, 15) is 4.79 Å². The molecule has 0 N–H and O–H groups in total. The topological polar surface area (TPSA) is 35.5 Å². The van der Waals surface area contributed by atoms with Crippen molar-refractivity contribution in [2.45, 2.75) is 43.5 Å². The SMILES string of the molecule is CC(=O)O[C@H]1C(C)CC(I)OC1C. The van der Waals surface area contributed by atoms with Crippen LogP contribution in [0.25, 0.3) is 0 Å². The van der Waals surface area contributed by atoms with Gasteiger partial charge in [-0.3, -0.25) is 4.79 Å². The van der Waals surface area contributed by atoms with Crippen molar-refractivity contribution < 1.29 is 14.3 Å². The van der Waals surface area contributed by atoms with Crippen LogP contribution < -0.4 is 0 Å². The van der Waals surface area contributed by atoms with E-state index in [0.717, 1.165) is 6.42 Å². The molecule has 0 aliphatic carbocycles. The molecule has 1 fully saturated rings. The number of hydrogen-bond acceptors (Lipinski definition) is 3. The third kappa shape index (κ3) is 3.09. The lowest BCUT2D eigenvalue weighted by Gasteiger charge is -2.36. The molecule has 0 aromatic carbocycles. The second-order valence-electron chi connectivity index (χ2n) is 3.54. The van der Waals surface area contributed by atoms with Crippen LogP contribution in [0.1, 0.15) is 27.2 Å². The Morgan fingerprint density at radius 1 is 1.54 bits per heavy atom. The molecular formula is C9H15IO3. The van der Waals surface area contributed by atoms with Crippen LogP contribution in [0.3, 0.4) is 0 Å². The highest BCUT2D eigenvalue weighted by Gasteiger charge is 2.34. The highest BCUT2D eigenvalue weighted by atomic mass is 127. The highest BCUT2D eigenvalue weighted by molar-refractivity contribution is 14.1. The number of carbonyl (C=O) groups is 1. The number of rotatable bonds is 1. The summed E-state index contributed by atoms with van der Waals surface area (Å²) >= 11 is 2.27. The molecule has 3 nitrogen and oxygen atoms in total. The molecule has 0 aromatic rings. The number of halogens is 1. The van der Waals surface area contributed by atoms with E-state index >= 15 is 0 Å². The van der Waals surface area contributed by atoms with Gasteiger partial charge in [-0.1, -0.05) is 29.5 Å². The molecule has 1 heterocycles. The fourth-order valence-electron chi connectivity index (χ4n) is 1.66. The number of ether oxygens (including phenoxy) is 2. The third-order valence-electron chi connectivity index (χ3n) is 2.24. The summed E-state index contributed by atoms with van der Waals surface area (Å²) < 4.78 is 11.0. The van der Waals surface area contributed by atoms with E-state index in [1.54, 1.807) is 0 Å². The first kappa shape index (κ1) is 11.2. The van der Waals surface area contributed by atoms with Gasteiger partial charge < -0.3 is 9.47 Å². The van der Waals surface area contributed by atoms with Gasteiger partial charge in [0.05, 0.1) is 6.10 Å². The van der Waals surface area contributed by atoms with Crippen LogP contribution in [0.5, 0.6) is 0 Å². The maximum atomic E-state index is 10.8. The Balaban J connectivity index is 2.56.